The van der Waals surface area contributed by atoms with Crippen LogP contribution in [0.2, 0.25) is 0 Å². The second-order valence-electron chi connectivity index (χ2n) is 5.99. The third-order valence-corrected chi connectivity index (χ3v) is 4.39. The zero-order chi connectivity index (χ0) is 21.0. The van der Waals surface area contributed by atoms with Gasteiger partial charge < -0.3 is 18.6 Å². The standard InChI is InChI=1S/C22H19NO6/c1-27-20(24)17-16-11-7-10-15(13-12-14-8-5-4-6-9-14)23(16)19(22(26)29-3)18(17)21(25)28-2/h4-13H,1-3H3. The normalized spacial score (nSPS) is 10.9. The van der Waals surface area contributed by atoms with Crippen LogP contribution in [0.3, 0.4) is 0 Å². The number of esters is 3. The van der Waals surface area contributed by atoms with Gasteiger partial charge in [0.05, 0.1) is 26.8 Å². The molecule has 2 aromatic heterocycles. The predicted octanol–water partition coefficient (Wildman–Crippen LogP) is 3.47. The van der Waals surface area contributed by atoms with Gasteiger partial charge in [-0.2, -0.15) is 0 Å². The maximum absolute atomic E-state index is 12.6. The smallest absolute Gasteiger partial charge is 0.355 e. The Labute approximate surface area is 167 Å². The van der Waals surface area contributed by atoms with Gasteiger partial charge in [-0.3, -0.25) is 0 Å². The fourth-order valence-corrected chi connectivity index (χ4v) is 3.10. The van der Waals surface area contributed by atoms with Gasteiger partial charge in [0.2, 0.25) is 0 Å². The number of pyridine rings is 1. The molecule has 0 aliphatic heterocycles. The van der Waals surface area contributed by atoms with Crippen LogP contribution in [0, 0.1) is 0 Å². The summed E-state index contributed by atoms with van der Waals surface area (Å²) in [5, 5.41) is 0. The predicted molar refractivity (Wildman–Crippen MR) is 107 cm³/mol. The SMILES string of the molecule is COC(=O)c1c(C(=O)OC)c2cccc(C=Cc3ccccc3)n2c1C(=O)OC. The molecule has 0 spiro atoms. The summed E-state index contributed by atoms with van der Waals surface area (Å²) >= 11 is 0. The zero-order valence-corrected chi connectivity index (χ0v) is 16.2. The number of benzene rings is 1. The van der Waals surface area contributed by atoms with Crippen molar-refractivity contribution in [2.24, 2.45) is 0 Å². The first-order chi connectivity index (χ1) is 14.0. The Morgan fingerprint density at radius 3 is 1.97 bits per heavy atom. The molecular formula is C22H19NO6. The number of aromatic nitrogens is 1. The molecule has 0 aliphatic rings. The Bertz CT molecular complexity index is 1110. The second kappa shape index (κ2) is 8.43. The minimum atomic E-state index is -0.840. The first-order valence-electron chi connectivity index (χ1n) is 8.69. The first kappa shape index (κ1) is 19.9. The van der Waals surface area contributed by atoms with Crippen molar-refractivity contribution >= 4 is 35.6 Å². The Balaban J connectivity index is 2.37. The topological polar surface area (TPSA) is 83.3 Å². The molecule has 3 rings (SSSR count). The third-order valence-electron chi connectivity index (χ3n) is 4.39. The number of hydrogen-bond acceptors (Lipinski definition) is 6. The highest BCUT2D eigenvalue weighted by Gasteiger charge is 2.33. The number of ether oxygens (including phenoxy) is 3. The minimum absolute atomic E-state index is 0.0605. The lowest BCUT2D eigenvalue weighted by atomic mass is 10.1. The van der Waals surface area contributed by atoms with Crippen molar-refractivity contribution in [3.63, 3.8) is 0 Å². The Hall–Kier alpha value is -3.87. The molecule has 1 aromatic carbocycles. The van der Waals surface area contributed by atoms with Gasteiger partial charge >= 0.3 is 17.9 Å². The average molecular weight is 393 g/mol. The molecule has 0 bridgehead atoms. The van der Waals surface area contributed by atoms with Crippen LogP contribution in [-0.2, 0) is 14.2 Å². The summed E-state index contributed by atoms with van der Waals surface area (Å²) in [6.07, 6.45) is 3.63. The van der Waals surface area contributed by atoms with E-state index < -0.39 is 17.9 Å². The summed E-state index contributed by atoms with van der Waals surface area (Å²) in [5.41, 5.74) is 1.46. The first-order valence-corrected chi connectivity index (χ1v) is 8.69. The molecule has 148 valence electrons. The van der Waals surface area contributed by atoms with Crippen LogP contribution in [0.1, 0.15) is 42.5 Å². The van der Waals surface area contributed by atoms with E-state index in [2.05, 4.69) is 0 Å². The van der Waals surface area contributed by atoms with E-state index in [0.717, 1.165) is 5.56 Å². The van der Waals surface area contributed by atoms with Crippen LogP contribution in [0.4, 0.5) is 0 Å². The molecule has 0 saturated heterocycles. The van der Waals surface area contributed by atoms with Crippen molar-refractivity contribution in [3.05, 3.63) is 76.6 Å². The highest BCUT2D eigenvalue weighted by molar-refractivity contribution is 6.14. The number of carbonyl (C=O) groups excluding carboxylic acids is 3. The lowest BCUT2D eigenvalue weighted by Gasteiger charge is -2.07. The third kappa shape index (κ3) is 3.62. The van der Waals surface area contributed by atoms with E-state index in [9.17, 15) is 14.4 Å². The summed E-state index contributed by atoms with van der Waals surface area (Å²) < 4.78 is 16.0. The molecule has 0 radical (unpaired) electrons. The lowest BCUT2D eigenvalue weighted by molar-refractivity contribution is 0.0536. The number of nitrogens with zero attached hydrogens (tertiary/aromatic N) is 1. The fraction of sp³-hybridized carbons (Fsp3) is 0.136. The number of rotatable bonds is 5. The van der Waals surface area contributed by atoms with Crippen LogP contribution in [0.15, 0.2) is 48.5 Å². The van der Waals surface area contributed by atoms with Crippen molar-refractivity contribution in [2.45, 2.75) is 0 Å². The quantitative estimate of drug-likeness (QED) is 0.488. The molecule has 3 aromatic rings. The Kier molecular flexibility index (Phi) is 5.78. The molecule has 0 amide bonds. The lowest BCUT2D eigenvalue weighted by Crippen LogP contribution is -2.15. The zero-order valence-electron chi connectivity index (χ0n) is 16.2. The Morgan fingerprint density at radius 2 is 1.34 bits per heavy atom. The van der Waals surface area contributed by atoms with Crippen LogP contribution in [0.25, 0.3) is 17.7 Å². The van der Waals surface area contributed by atoms with Crippen molar-refractivity contribution in [3.8, 4) is 0 Å². The number of hydrogen-bond donors (Lipinski definition) is 0. The fourth-order valence-electron chi connectivity index (χ4n) is 3.10. The van der Waals surface area contributed by atoms with E-state index in [4.69, 9.17) is 14.2 Å². The van der Waals surface area contributed by atoms with Gasteiger partial charge in [0.15, 0.2) is 0 Å². The van der Waals surface area contributed by atoms with Crippen molar-refractivity contribution in [2.75, 3.05) is 21.3 Å². The number of methoxy groups -OCH3 is 3. The van der Waals surface area contributed by atoms with Gasteiger partial charge in [-0.25, -0.2) is 14.4 Å². The Morgan fingerprint density at radius 1 is 0.724 bits per heavy atom. The van der Waals surface area contributed by atoms with Crippen LogP contribution >= 0.6 is 0 Å². The van der Waals surface area contributed by atoms with E-state index in [1.807, 2.05) is 36.4 Å². The van der Waals surface area contributed by atoms with Crippen LogP contribution in [-0.4, -0.2) is 43.6 Å². The molecule has 0 saturated carbocycles. The number of fused-ring (bicyclic) bond motifs is 1. The molecule has 7 heteroatoms. The summed E-state index contributed by atoms with van der Waals surface area (Å²) in [4.78, 5) is 37.5. The molecule has 0 fully saturated rings. The molecule has 2 heterocycles. The maximum atomic E-state index is 12.6. The summed E-state index contributed by atoms with van der Waals surface area (Å²) in [6, 6.07) is 14.6. The van der Waals surface area contributed by atoms with Gasteiger partial charge in [0, 0.05) is 5.69 Å². The average Bonchev–Trinajstić information content (AvgIpc) is 3.12. The molecule has 29 heavy (non-hydrogen) atoms. The van der Waals surface area contributed by atoms with Crippen molar-refractivity contribution in [1.29, 1.82) is 0 Å². The molecular weight excluding hydrogens is 374 g/mol. The monoisotopic (exact) mass is 393 g/mol. The van der Waals surface area contributed by atoms with Gasteiger partial charge in [-0.15, -0.1) is 0 Å². The summed E-state index contributed by atoms with van der Waals surface area (Å²) in [5.74, 6) is -2.38. The molecule has 0 N–H and O–H groups in total. The van der Waals surface area contributed by atoms with E-state index in [0.29, 0.717) is 11.2 Å². The van der Waals surface area contributed by atoms with Gasteiger partial charge in [-0.1, -0.05) is 42.5 Å². The maximum Gasteiger partial charge on any atom is 0.355 e. The van der Waals surface area contributed by atoms with E-state index in [-0.39, 0.29) is 16.8 Å². The highest BCUT2D eigenvalue weighted by Crippen LogP contribution is 2.28. The molecule has 0 atom stereocenters. The van der Waals surface area contributed by atoms with Crippen molar-refractivity contribution < 1.29 is 28.6 Å². The van der Waals surface area contributed by atoms with E-state index in [1.54, 1.807) is 24.3 Å². The van der Waals surface area contributed by atoms with Crippen LogP contribution in [0.5, 0.6) is 0 Å². The van der Waals surface area contributed by atoms with Gasteiger partial charge in [0.1, 0.15) is 16.8 Å². The summed E-state index contributed by atoms with van der Waals surface area (Å²) in [7, 11) is 3.57. The van der Waals surface area contributed by atoms with Gasteiger partial charge in [0.25, 0.3) is 0 Å². The van der Waals surface area contributed by atoms with E-state index >= 15 is 0 Å². The molecule has 0 unspecified atom stereocenters. The summed E-state index contributed by atoms with van der Waals surface area (Å²) in [6.45, 7) is 0. The van der Waals surface area contributed by atoms with Gasteiger partial charge in [-0.05, 0) is 23.8 Å². The molecule has 0 aliphatic carbocycles. The second-order valence-corrected chi connectivity index (χ2v) is 5.99. The van der Waals surface area contributed by atoms with E-state index in [1.165, 1.54) is 25.7 Å². The van der Waals surface area contributed by atoms with Crippen molar-refractivity contribution in [1.82, 2.24) is 4.40 Å². The van der Waals surface area contributed by atoms with Crippen LogP contribution < -0.4 is 0 Å². The largest absolute Gasteiger partial charge is 0.465 e. The number of carbonyl (C=O) groups is 3. The molecule has 7 nitrogen and oxygen atoms in total. The highest BCUT2D eigenvalue weighted by atomic mass is 16.5. The minimum Gasteiger partial charge on any atom is -0.465 e.